The lowest BCUT2D eigenvalue weighted by Crippen LogP contribution is -2.12. The molecule has 0 unspecified atom stereocenters. The van der Waals surface area contributed by atoms with Crippen LogP contribution >= 0.6 is 7.26 Å². The summed E-state index contributed by atoms with van der Waals surface area (Å²) in [4.78, 5) is 0. The Bertz CT molecular complexity index is 222. The standard InChI is InChI=1S/C24H52P/c1-5-9-11-13-15-17-19-23-25(21-7-3,22-8-4)24-20-18-16-14-12-10-6-2/h5-24H2,1-4H3/q+1. The fourth-order valence-corrected chi connectivity index (χ4v) is 9.46. The van der Waals surface area contributed by atoms with Crippen LogP contribution in [0.3, 0.4) is 0 Å². The first kappa shape index (κ1) is 25.4. The number of hydrogen-bond donors (Lipinski definition) is 0. The average molecular weight is 372 g/mol. The van der Waals surface area contributed by atoms with Crippen molar-refractivity contribution in [3.8, 4) is 0 Å². The van der Waals surface area contributed by atoms with Crippen molar-refractivity contribution >= 4 is 7.26 Å². The molecule has 0 fully saturated rings. The first-order chi connectivity index (χ1) is 12.2. The monoisotopic (exact) mass is 371 g/mol. The minimum absolute atomic E-state index is 0.619. The maximum Gasteiger partial charge on any atom is 0.0594 e. The van der Waals surface area contributed by atoms with Crippen LogP contribution in [0.4, 0.5) is 0 Å². The Morgan fingerprint density at radius 2 is 0.640 bits per heavy atom. The Hall–Kier alpha value is 0.430. The van der Waals surface area contributed by atoms with E-state index in [1.54, 1.807) is 24.6 Å². The van der Waals surface area contributed by atoms with Crippen LogP contribution in [0.2, 0.25) is 0 Å². The zero-order valence-electron chi connectivity index (χ0n) is 18.6. The summed E-state index contributed by atoms with van der Waals surface area (Å²) in [7, 11) is -0.619. The summed E-state index contributed by atoms with van der Waals surface area (Å²) >= 11 is 0. The molecular formula is C24H52P+. The summed E-state index contributed by atoms with van der Waals surface area (Å²) in [5, 5.41) is 0. The van der Waals surface area contributed by atoms with E-state index < -0.39 is 7.26 Å². The third-order valence-corrected chi connectivity index (χ3v) is 11.2. The van der Waals surface area contributed by atoms with Crippen molar-refractivity contribution < 1.29 is 0 Å². The van der Waals surface area contributed by atoms with Gasteiger partial charge in [0.1, 0.15) is 0 Å². The van der Waals surface area contributed by atoms with Gasteiger partial charge in [-0.15, -0.1) is 0 Å². The summed E-state index contributed by atoms with van der Waals surface area (Å²) in [5.41, 5.74) is 0. The van der Waals surface area contributed by atoms with Crippen molar-refractivity contribution in [2.45, 2.75) is 130 Å². The molecule has 0 aromatic carbocycles. The van der Waals surface area contributed by atoms with E-state index in [9.17, 15) is 0 Å². The summed E-state index contributed by atoms with van der Waals surface area (Å²) in [5.74, 6) is 0. The average Bonchev–Trinajstić information content (AvgIpc) is 2.61. The molecule has 0 spiro atoms. The zero-order valence-corrected chi connectivity index (χ0v) is 19.5. The first-order valence-electron chi connectivity index (χ1n) is 12.1. The molecule has 0 saturated carbocycles. The Morgan fingerprint density at radius 1 is 0.320 bits per heavy atom. The van der Waals surface area contributed by atoms with Crippen LogP contribution in [0.5, 0.6) is 0 Å². The molecule has 0 rings (SSSR count). The van der Waals surface area contributed by atoms with Crippen LogP contribution in [-0.4, -0.2) is 24.6 Å². The molecule has 0 saturated heterocycles. The second-order valence-electron chi connectivity index (χ2n) is 8.48. The highest BCUT2D eigenvalue weighted by Crippen LogP contribution is 2.61. The molecule has 1 heteroatoms. The molecular weight excluding hydrogens is 319 g/mol. The Morgan fingerprint density at radius 3 is 0.960 bits per heavy atom. The van der Waals surface area contributed by atoms with Gasteiger partial charge in [0.2, 0.25) is 0 Å². The summed E-state index contributed by atoms with van der Waals surface area (Å²) in [6.45, 7) is 9.50. The Kier molecular flexibility index (Phi) is 19.5. The number of hydrogen-bond acceptors (Lipinski definition) is 0. The van der Waals surface area contributed by atoms with Crippen LogP contribution in [0.1, 0.15) is 130 Å². The van der Waals surface area contributed by atoms with Gasteiger partial charge in [0.15, 0.2) is 0 Å². The molecule has 0 bridgehead atoms. The second kappa shape index (κ2) is 19.2. The van der Waals surface area contributed by atoms with Gasteiger partial charge < -0.3 is 0 Å². The second-order valence-corrected chi connectivity index (χ2v) is 13.0. The molecule has 0 heterocycles. The minimum atomic E-state index is -0.619. The number of rotatable bonds is 20. The minimum Gasteiger partial charge on any atom is -0.0654 e. The van der Waals surface area contributed by atoms with Gasteiger partial charge in [0.05, 0.1) is 24.6 Å². The zero-order chi connectivity index (χ0) is 18.6. The lowest BCUT2D eigenvalue weighted by molar-refractivity contribution is 0.598. The van der Waals surface area contributed by atoms with E-state index >= 15 is 0 Å². The highest BCUT2D eigenvalue weighted by atomic mass is 31.2. The van der Waals surface area contributed by atoms with E-state index in [1.807, 2.05) is 0 Å². The summed E-state index contributed by atoms with van der Waals surface area (Å²) in [6, 6.07) is 0. The van der Waals surface area contributed by atoms with Gasteiger partial charge in [-0.2, -0.15) is 0 Å². The fraction of sp³-hybridized carbons (Fsp3) is 1.00. The molecule has 25 heavy (non-hydrogen) atoms. The molecule has 0 N–H and O–H groups in total. The lowest BCUT2D eigenvalue weighted by atomic mass is 10.1. The van der Waals surface area contributed by atoms with E-state index in [2.05, 4.69) is 27.7 Å². The van der Waals surface area contributed by atoms with Crippen molar-refractivity contribution in [3.63, 3.8) is 0 Å². The lowest BCUT2D eigenvalue weighted by Gasteiger charge is -2.27. The van der Waals surface area contributed by atoms with Gasteiger partial charge in [0, 0.05) is 7.26 Å². The molecule has 0 aromatic rings. The number of unbranched alkanes of at least 4 members (excludes halogenated alkanes) is 12. The van der Waals surface area contributed by atoms with E-state index in [0.29, 0.717) is 0 Å². The first-order valence-corrected chi connectivity index (χ1v) is 14.6. The molecule has 0 aliphatic heterocycles. The molecule has 0 aliphatic carbocycles. The predicted molar refractivity (Wildman–Crippen MR) is 123 cm³/mol. The molecule has 0 nitrogen and oxygen atoms in total. The van der Waals surface area contributed by atoms with Crippen molar-refractivity contribution in [1.29, 1.82) is 0 Å². The smallest absolute Gasteiger partial charge is 0.0594 e. The predicted octanol–water partition coefficient (Wildman–Crippen LogP) is 9.33. The maximum absolute atomic E-state index is 2.43. The van der Waals surface area contributed by atoms with Crippen molar-refractivity contribution in [2.24, 2.45) is 0 Å². The highest BCUT2D eigenvalue weighted by molar-refractivity contribution is 7.75. The van der Waals surface area contributed by atoms with Gasteiger partial charge in [-0.3, -0.25) is 0 Å². The van der Waals surface area contributed by atoms with E-state index in [1.165, 1.54) is 103 Å². The van der Waals surface area contributed by atoms with Gasteiger partial charge >= 0.3 is 0 Å². The molecule has 0 aromatic heterocycles. The van der Waals surface area contributed by atoms with Crippen LogP contribution in [0, 0.1) is 0 Å². The molecule has 0 radical (unpaired) electrons. The fourth-order valence-electron chi connectivity index (χ4n) is 4.43. The quantitative estimate of drug-likeness (QED) is 0.148. The van der Waals surface area contributed by atoms with E-state index in [-0.39, 0.29) is 0 Å². The van der Waals surface area contributed by atoms with Crippen LogP contribution in [-0.2, 0) is 0 Å². The summed E-state index contributed by atoms with van der Waals surface area (Å²) < 4.78 is 0. The van der Waals surface area contributed by atoms with E-state index in [0.717, 1.165) is 0 Å². The van der Waals surface area contributed by atoms with Crippen LogP contribution < -0.4 is 0 Å². The van der Waals surface area contributed by atoms with E-state index in [4.69, 9.17) is 0 Å². The van der Waals surface area contributed by atoms with Crippen molar-refractivity contribution in [1.82, 2.24) is 0 Å². The van der Waals surface area contributed by atoms with Crippen molar-refractivity contribution in [3.05, 3.63) is 0 Å². The SMILES string of the molecule is CCCCCCCCC[P+](CCC)(CCC)CCCCCCCCC. The Labute approximate surface area is 162 Å². The van der Waals surface area contributed by atoms with Crippen LogP contribution in [0.25, 0.3) is 0 Å². The molecule has 0 atom stereocenters. The molecule has 0 amide bonds. The third kappa shape index (κ3) is 15.2. The normalized spacial score (nSPS) is 12.0. The van der Waals surface area contributed by atoms with Crippen molar-refractivity contribution in [2.75, 3.05) is 24.6 Å². The highest BCUT2D eigenvalue weighted by Gasteiger charge is 2.33. The molecule has 0 aliphatic rings. The largest absolute Gasteiger partial charge is 0.0654 e. The van der Waals surface area contributed by atoms with Gasteiger partial charge in [-0.05, 0) is 38.5 Å². The van der Waals surface area contributed by atoms with Gasteiger partial charge in [0.25, 0.3) is 0 Å². The van der Waals surface area contributed by atoms with Gasteiger partial charge in [-0.1, -0.05) is 91.9 Å². The van der Waals surface area contributed by atoms with Crippen LogP contribution in [0.15, 0.2) is 0 Å². The van der Waals surface area contributed by atoms with Gasteiger partial charge in [-0.25, -0.2) is 0 Å². The Balaban J connectivity index is 4.06. The maximum atomic E-state index is 2.43. The summed E-state index contributed by atoms with van der Waals surface area (Å²) in [6.07, 6.45) is 29.9. The molecule has 152 valence electrons. The third-order valence-electron chi connectivity index (χ3n) is 5.87. The topological polar surface area (TPSA) is 0 Å².